The van der Waals surface area contributed by atoms with Crippen molar-refractivity contribution >= 4 is 33.3 Å². The minimum Gasteiger partial charge on any atom is -0.469 e. The van der Waals surface area contributed by atoms with Crippen LogP contribution < -0.4 is 0 Å². The Labute approximate surface area is 126 Å². The van der Waals surface area contributed by atoms with Gasteiger partial charge in [-0.15, -0.1) is 11.8 Å². The van der Waals surface area contributed by atoms with Crippen LogP contribution in [0.25, 0.3) is 0 Å². The molecule has 0 aliphatic carbocycles. The van der Waals surface area contributed by atoms with Crippen molar-refractivity contribution in [3.63, 3.8) is 0 Å². The first kappa shape index (κ1) is 17.4. The zero-order chi connectivity index (χ0) is 16.2. The first-order valence-electron chi connectivity index (χ1n) is 5.87. The van der Waals surface area contributed by atoms with Crippen LogP contribution in [0.15, 0.2) is 28.0 Å². The number of carbonyl (C=O) groups excluding carboxylic acids is 1. The van der Waals surface area contributed by atoms with Crippen LogP contribution in [-0.2, 0) is 19.4 Å². The number of hydrogen-bond acceptors (Lipinski definition) is 7. The van der Waals surface area contributed by atoms with E-state index < -0.39 is 26.4 Å². The van der Waals surface area contributed by atoms with Crippen molar-refractivity contribution in [2.24, 2.45) is 0 Å². The molecule has 1 atom stereocenters. The molecular weight excluding hydrogens is 318 g/mol. The van der Waals surface area contributed by atoms with Crippen LogP contribution in [-0.4, -0.2) is 37.9 Å². The molecule has 1 aromatic rings. The highest BCUT2D eigenvalue weighted by atomic mass is 32.2. The maximum Gasteiger partial charge on any atom is 0.306 e. The molecule has 0 amide bonds. The molecule has 0 aromatic heterocycles. The van der Waals surface area contributed by atoms with E-state index in [1.54, 1.807) is 6.92 Å². The Morgan fingerprint density at radius 3 is 2.57 bits per heavy atom. The van der Waals surface area contributed by atoms with Crippen molar-refractivity contribution in [3.8, 4) is 0 Å². The van der Waals surface area contributed by atoms with E-state index in [4.69, 9.17) is 0 Å². The molecule has 0 fully saturated rings. The van der Waals surface area contributed by atoms with Gasteiger partial charge in [0.25, 0.3) is 0 Å². The molecule has 0 saturated carbocycles. The summed E-state index contributed by atoms with van der Waals surface area (Å²) in [5.74, 6) is -0.433. The number of methoxy groups -OCH3 is 1. The van der Waals surface area contributed by atoms with E-state index in [0.29, 0.717) is 0 Å². The highest BCUT2D eigenvalue weighted by Crippen LogP contribution is 2.37. The second-order valence-electron chi connectivity index (χ2n) is 4.34. The Morgan fingerprint density at radius 2 is 2.10 bits per heavy atom. The van der Waals surface area contributed by atoms with E-state index in [1.165, 1.54) is 25.3 Å². The second kappa shape index (κ2) is 6.90. The molecular formula is C12H15NO6S2. The summed E-state index contributed by atoms with van der Waals surface area (Å²) in [6, 6.07) is 4.10. The van der Waals surface area contributed by atoms with Crippen LogP contribution in [0.5, 0.6) is 0 Å². The first-order valence-corrected chi connectivity index (χ1v) is 8.65. The number of rotatable bonds is 6. The van der Waals surface area contributed by atoms with Gasteiger partial charge in [0.2, 0.25) is 0 Å². The summed E-state index contributed by atoms with van der Waals surface area (Å²) < 4.78 is 27.8. The molecule has 0 bridgehead atoms. The lowest BCUT2D eigenvalue weighted by Gasteiger charge is -2.11. The summed E-state index contributed by atoms with van der Waals surface area (Å²) in [4.78, 5) is 21.5. The molecule has 21 heavy (non-hydrogen) atoms. The SMILES string of the molecule is COC(=O)CC(C)Sc1cccc(S(C)(=O)=O)c1[N+](=O)[O-]. The summed E-state index contributed by atoms with van der Waals surface area (Å²) in [5, 5.41) is 10.9. The van der Waals surface area contributed by atoms with Crippen LogP contribution >= 0.6 is 11.8 Å². The number of sulfone groups is 1. The van der Waals surface area contributed by atoms with Crippen LogP contribution in [0.4, 0.5) is 5.69 Å². The fourth-order valence-corrected chi connectivity index (χ4v) is 3.69. The maximum atomic E-state index is 11.6. The van der Waals surface area contributed by atoms with Gasteiger partial charge in [0.05, 0.1) is 23.3 Å². The summed E-state index contributed by atoms with van der Waals surface area (Å²) in [5.41, 5.74) is -0.457. The van der Waals surface area contributed by atoms with Crippen LogP contribution in [0.2, 0.25) is 0 Å². The van der Waals surface area contributed by atoms with Gasteiger partial charge in [0.1, 0.15) is 4.90 Å². The third-order valence-electron chi connectivity index (χ3n) is 2.55. The van der Waals surface area contributed by atoms with Gasteiger partial charge in [-0.25, -0.2) is 8.42 Å². The number of para-hydroxylation sites is 1. The smallest absolute Gasteiger partial charge is 0.306 e. The van der Waals surface area contributed by atoms with Crippen LogP contribution in [0.3, 0.4) is 0 Å². The molecule has 116 valence electrons. The number of esters is 1. The zero-order valence-corrected chi connectivity index (χ0v) is 13.4. The van der Waals surface area contributed by atoms with Crippen molar-refractivity contribution in [1.82, 2.24) is 0 Å². The molecule has 0 heterocycles. The Hall–Kier alpha value is -1.61. The van der Waals surface area contributed by atoms with Gasteiger partial charge in [-0.3, -0.25) is 14.9 Å². The Bertz CT molecular complexity index is 656. The lowest BCUT2D eigenvalue weighted by atomic mass is 10.3. The molecule has 0 spiro atoms. The summed E-state index contributed by atoms with van der Waals surface area (Å²) in [7, 11) is -2.45. The van der Waals surface area contributed by atoms with Crippen LogP contribution in [0.1, 0.15) is 13.3 Å². The van der Waals surface area contributed by atoms with E-state index in [-0.39, 0.29) is 21.5 Å². The predicted molar refractivity (Wildman–Crippen MR) is 78.2 cm³/mol. The average molecular weight is 333 g/mol. The number of nitro groups is 1. The Balaban J connectivity index is 3.19. The van der Waals surface area contributed by atoms with Crippen molar-refractivity contribution in [2.75, 3.05) is 13.4 Å². The van der Waals surface area contributed by atoms with Gasteiger partial charge in [0.15, 0.2) is 9.84 Å². The second-order valence-corrected chi connectivity index (χ2v) is 7.81. The summed E-state index contributed by atoms with van der Waals surface area (Å²) in [6.45, 7) is 1.71. The Kier molecular flexibility index (Phi) is 5.73. The van der Waals surface area contributed by atoms with Gasteiger partial charge >= 0.3 is 11.7 Å². The predicted octanol–water partition coefficient (Wildman–Crippen LogP) is 2.04. The van der Waals surface area contributed by atoms with Gasteiger partial charge in [-0.2, -0.15) is 0 Å². The van der Waals surface area contributed by atoms with Gasteiger partial charge in [0, 0.05) is 11.5 Å². The van der Waals surface area contributed by atoms with E-state index in [1.807, 2.05) is 0 Å². The number of nitro benzene ring substituents is 1. The van der Waals surface area contributed by atoms with Crippen molar-refractivity contribution in [1.29, 1.82) is 0 Å². The lowest BCUT2D eigenvalue weighted by Crippen LogP contribution is -2.09. The molecule has 1 aromatic carbocycles. The fraction of sp³-hybridized carbons (Fsp3) is 0.417. The highest BCUT2D eigenvalue weighted by Gasteiger charge is 2.27. The third-order valence-corrected chi connectivity index (χ3v) is 4.83. The summed E-state index contributed by atoms with van der Waals surface area (Å²) in [6.07, 6.45) is 0.989. The number of benzene rings is 1. The minimum atomic E-state index is -3.71. The van der Waals surface area contributed by atoms with Gasteiger partial charge in [-0.05, 0) is 12.1 Å². The topological polar surface area (TPSA) is 104 Å². The van der Waals surface area contributed by atoms with E-state index >= 15 is 0 Å². The fourth-order valence-electron chi connectivity index (χ4n) is 1.65. The molecule has 0 radical (unpaired) electrons. The maximum absolute atomic E-state index is 11.6. The largest absolute Gasteiger partial charge is 0.469 e. The lowest BCUT2D eigenvalue weighted by molar-refractivity contribution is -0.390. The molecule has 1 rings (SSSR count). The molecule has 1 unspecified atom stereocenters. The zero-order valence-electron chi connectivity index (χ0n) is 11.7. The van der Waals surface area contributed by atoms with Crippen molar-refractivity contribution in [2.45, 2.75) is 28.4 Å². The first-order chi connectivity index (χ1) is 9.66. The number of thioether (sulfide) groups is 1. The highest BCUT2D eigenvalue weighted by molar-refractivity contribution is 8.00. The van der Waals surface area contributed by atoms with E-state index in [2.05, 4.69) is 4.74 Å². The van der Waals surface area contributed by atoms with Gasteiger partial charge in [-0.1, -0.05) is 13.0 Å². The van der Waals surface area contributed by atoms with Crippen molar-refractivity contribution < 1.29 is 22.9 Å². The molecule has 7 nitrogen and oxygen atoms in total. The average Bonchev–Trinajstić information content (AvgIpc) is 2.36. The molecule has 0 N–H and O–H groups in total. The van der Waals surface area contributed by atoms with Gasteiger partial charge < -0.3 is 4.74 Å². The number of carbonyl (C=O) groups is 1. The van der Waals surface area contributed by atoms with E-state index in [9.17, 15) is 23.3 Å². The molecule has 0 aliphatic heterocycles. The number of ether oxygens (including phenoxy) is 1. The normalized spacial score (nSPS) is 12.7. The molecule has 9 heteroatoms. The van der Waals surface area contributed by atoms with Crippen molar-refractivity contribution in [3.05, 3.63) is 28.3 Å². The third kappa shape index (κ3) is 4.71. The quantitative estimate of drug-likeness (QED) is 0.339. The number of nitrogens with zero attached hydrogens (tertiary/aromatic N) is 1. The van der Waals surface area contributed by atoms with Crippen LogP contribution in [0, 0.1) is 10.1 Å². The summed E-state index contributed by atoms with van der Waals surface area (Å²) >= 11 is 1.07. The molecule has 0 aliphatic rings. The molecule has 0 saturated heterocycles. The van der Waals surface area contributed by atoms with E-state index in [0.717, 1.165) is 18.0 Å². The monoisotopic (exact) mass is 333 g/mol. The minimum absolute atomic E-state index is 0.0709. The Morgan fingerprint density at radius 1 is 1.48 bits per heavy atom. The number of hydrogen-bond donors (Lipinski definition) is 0. The standard InChI is InChI=1S/C12H15NO6S2/c1-8(7-11(14)19-2)20-9-5-4-6-10(21(3,17)18)12(9)13(15)16/h4-6,8H,7H2,1-3H3.